The van der Waals surface area contributed by atoms with Gasteiger partial charge in [-0.1, -0.05) is 60.7 Å². The molecule has 0 aliphatic rings. The maximum absolute atomic E-state index is 13.5. The topological polar surface area (TPSA) is 160 Å². The second kappa shape index (κ2) is 11.0. The fourth-order valence-electron chi connectivity index (χ4n) is 4.75. The molecule has 1 heterocycles. The van der Waals surface area contributed by atoms with E-state index in [1.165, 1.54) is 0 Å². The number of carboxylic acid groups (broad SMARTS) is 2. The highest BCUT2D eigenvalue weighted by Gasteiger charge is 2.34. The Morgan fingerprint density at radius 1 is 0.921 bits per heavy atom. The Balaban J connectivity index is 2.03. The average Bonchev–Trinajstić information content (AvgIpc) is 3.22. The monoisotopic (exact) mass is 514 g/mol. The second-order valence-corrected chi connectivity index (χ2v) is 8.83. The lowest BCUT2D eigenvalue weighted by atomic mass is 9.81. The van der Waals surface area contributed by atoms with Gasteiger partial charge in [0.15, 0.2) is 6.61 Å². The highest BCUT2D eigenvalue weighted by molar-refractivity contribution is 6.39. The van der Waals surface area contributed by atoms with Crippen LogP contribution in [0.1, 0.15) is 34.7 Å². The van der Waals surface area contributed by atoms with E-state index < -0.39 is 36.2 Å². The van der Waals surface area contributed by atoms with E-state index >= 15 is 0 Å². The largest absolute Gasteiger partial charge is 0.481 e. The number of hydrogen-bond acceptors (Lipinski definition) is 5. The van der Waals surface area contributed by atoms with Crippen LogP contribution in [0, 0.1) is 6.92 Å². The van der Waals surface area contributed by atoms with Gasteiger partial charge in [-0.3, -0.25) is 14.4 Å². The zero-order valence-corrected chi connectivity index (χ0v) is 20.6. The van der Waals surface area contributed by atoms with Crippen molar-refractivity contribution in [3.63, 3.8) is 0 Å². The molecule has 0 saturated heterocycles. The summed E-state index contributed by atoms with van der Waals surface area (Å²) in [5, 5.41) is 18.9. The first kappa shape index (κ1) is 26.2. The molecule has 0 fully saturated rings. The van der Waals surface area contributed by atoms with Crippen molar-refractivity contribution in [2.75, 3.05) is 6.61 Å². The summed E-state index contributed by atoms with van der Waals surface area (Å²) in [4.78, 5) is 51.7. The molecule has 0 radical (unpaired) electrons. The third-order valence-corrected chi connectivity index (χ3v) is 6.33. The van der Waals surface area contributed by atoms with Crippen molar-refractivity contribution >= 4 is 34.5 Å². The number of ether oxygens (including phenoxy) is 1. The minimum atomic E-state index is -1.22. The van der Waals surface area contributed by atoms with Crippen molar-refractivity contribution in [3.05, 3.63) is 89.1 Å². The number of carboxylic acids is 2. The van der Waals surface area contributed by atoms with Crippen LogP contribution in [0.3, 0.4) is 0 Å². The first-order valence-corrected chi connectivity index (χ1v) is 11.9. The smallest absolute Gasteiger partial charge is 0.341 e. The van der Waals surface area contributed by atoms with Crippen LogP contribution in [0.5, 0.6) is 5.75 Å². The Morgan fingerprint density at radius 3 is 2.26 bits per heavy atom. The van der Waals surface area contributed by atoms with E-state index in [1.54, 1.807) is 31.2 Å². The molecular formula is C29H26N2O7. The van der Waals surface area contributed by atoms with E-state index in [1.807, 2.05) is 42.5 Å². The van der Waals surface area contributed by atoms with Crippen LogP contribution in [0.15, 0.2) is 66.7 Å². The summed E-state index contributed by atoms with van der Waals surface area (Å²) >= 11 is 0. The maximum atomic E-state index is 13.5. The van der Waals surface area contributed by atoms with Crippen LogP contribution in [0.25, 0.3) is 22.0 Å². The summed E-state index contributed by atoms with van der Waals surface area (Å²) in [5.41, 5.74) is 9.58. The summed E-state index contributed by atoms with van der Waals surface area (Å²) in [6, 6.07) is 19.9. The number of nitrogens with two attached hydrogens (primary N) is 1. The number of ketones is 1. The Kier molecular flexibility index (Phi) is 7.57. The number of nitrogens with one attached hydrogen (secondary N) is 1. The molecule has 1 unspecified atom stereocenters. The van der Waals surface area contributed by atoms with Crippen molar-refractivity contribution in [1.29, 1.82) is 0 Å². The quantitative estimate of drug-likeness (QED) is 0.221. The van der Waals surface area contributed by atoms with Gasteiger partial charge in [-0.25, -0.2) is 4.79 Å². The number of benzene rings is 3. The van der Waals surface area contributed by atoms with Crippen LogP contribution in [0.2, 0.25) is 0 Å². The summed E-state index contributed by atoms with van der Waals surface area (Å²) in [5.74, 6) is -5.22. The van der Waals surface area contributed by atoms with Gasteiger partial charge in [0.05, 0.1) is 5.92 Å². The predicted octanol–water partition coefficient (Wildman–Crippen LogP) is 3.81. The van der Waals surface area contributed by atoms with Crippen LogP contribution >= 0.6 is 0 Å². The van der Waals surface area contributed by atoms with Gasteiger partial charge in [0.2, 0.25) is 5.78 Å². The highest BCUT2D eigenvalue weighted by Crippen LogP contribution is 2.43. The first-order valence-electron chi connectivity index (χ1n) is 11.9. The number of aliphatic carboxylic acids is 2. The van der Waals surface area contributed by atoms with Crippen LogP contribution in [0.4, 0.5) is 0 Å². The molecule has 1 atom stereocenters. The van der Waals surface area contributed by atoms with E-state index in [9.17, 15) is 29.4 Å². The van der Waals surface area contributed by atoms with Gasteiger partial charge in [0.1, 0.15) is 5.75 Å². The molecule has 3 aromatic carbocycles. The van der Waals surface area contributed by atoms with Crippen molar-refractivity contribution in [3.8, 4) is 16.9 Å². The Hall–Kier alpha value is -4.92. The summed E-state index contributed by atoms with van der Waals surface area (Å²) in [6.07, 6.45) is -0.146. The van der Waals surface area contributed by atoms with Gasteiger partial charge in [0.25, 0.3) is 5.91 Å². The van der Waals surface area contributed by atoms with E-state index in [2.05, 4.69) is 4.98 Å². The molecule has 194 valence electrons. The molecule has 38 heavy (non-hydrogen) atoms. The van der Waals surface area contributed by atoms with Gasteiger partial charge >= 0.3 is 11.9 Å². The molecule has 4 rings (SSSR count). The van der Waals surface area contributed by atoms with Gasteiger partial charge in [-0.15, -0.1) is 0 Å². The van der Waals surface area contributed by atoms with Crippen molar-refractivity contribution < 1.29 is 34.1 Å². The number of amides is 1. The Morgan fingerprint density at radius 2 is 1.61 bits per heavy atom. The molecule has 0 bridgehead atoms. The number of rotatable bonds is 11. The van der Waals surface area contributed by atoms with E-state index in [4.69, 9.17) is 10.5 Å². The first-order chi connectivity index (χ1) is 18.2. The van der Waals surface area contributed by atoms with Gasteiger partial charge in [-0.05, 0) is 47.2 Å². The van der Waals surface area contributed by atoms with E-state index in [-0.39, 0.29) is 18.6 Å². The third-order valence-electron chi connectivity index (χ3n) is 6.33. The SMILES string of the molecule is Cc1[nH]c2ccc(CCC(=O)O)c(OCC(=O)O)c2c1C(C(=O)C(N)=O)c1ccccc1-c1ccccc1. The highest BCUT2D eigenvalue weighted by atomic mass is 16.5. The second-order valence-electron chi connectivity index (χ2n) is 8.83. The molecule has 1 aromatic heterocycles. The number of aryl methyl sites for hydroxylation is 2. The number of fused-ring (bicyclic) bond motifs is 1. The maximum Gasteiger partial charge on any atom is 0.341 e. The van der Waals surface area contributed by atoms with Gasteiger partial charge < -0.3 is 25.7 Å². The number of carbonyl (C=O) groups excluding carboxylic acids is 2. The standard InChI is InChI=1S/C29H26N2O7/c1-16-24(26-21(31-16)13-11-18(12-14-22(32)33)28(26)38-15-23(34)35)25(27(36)29(30)37)20-10-6-5-9-19(20)17-7-3-2-4-8-17/h2-11,13,25,31H,12,14-15H2,1H3,(H2,30,37)(H,32,33)(H,34,35). The number of aromatic amines is 1. The van der Waals surface area contributed by atoms with Crippen molar-refractivity contribution in [2.45, 2.75) is 25.7 Å². The van der Waals surface area contributed by atoms with E-state index in [0.29, 0.717) is 33.3 Å². The van der Waals surface area contributed by atoms with Crippen LogP contribution < -0.4 is 10.5 Å². The van der Waals surface area contributed by atoms with Gasteiger partial charge in [0, 0.05) is 23.0 Å². The fourth-order valence-corrected chi connectivity index (χ4v) is 4.75. The van der Waals surface area contributed by atoms with Crippen molar-refractivity contribution in [2.24, 2.45) is 5.73 Å². The molecule has 9 nitrogen and oxygen atoms in total. The zero-order valence-electron chi connectivity index (χ0n) is 20.6. The summed E-state index contributed by atoms with van der Waals surface area (Å²) in [6.45, 7) is 1.05. The molecule has 0 aliphatic heterocycles. The predicted molar refractivity (Wildman–Crippen MR) is 140 cm³/mol. The number of Topliss-reactive ketones (excluding diaryl/α,β-unsaturated/α-hetero) is 1. The van der Waals surface area contributed by atoms with Crippen LogP contribution in [-0.2, 0) is 25.6 Å². The third kappa shape index (κ3) is 5.27. The summed E-state index contributed by atoms with van der Waals surface area (Å²) in [7, 11) is 0. The zero-order chi connectivity index (χ0) is 27.4. The number of hydrogen-bond donors (Lipinski definition) is 4. The lowest BCUT2D eigenvalue weighted by Gasteiger charge is -2.21. The molecule has 1 amide bonds. The number of carbonyl (C=O) groups is 4. The van der Waals surface area contributed by atoms with Crippen LogP contribution in [-0.4, -0.2) is 45.4 Å². The number of primary amides is 1. The Labute approximate surface area is 217 Å². The molecule has 9 heteroatoms. The van der Waals surface area contributed by atoms with Gasteiger partial charge in [-0.2, -0.15) is 0 Å². The molecule has 5 N–H and O–H groups in total. The minimum Gasteiger partial charge on any atom is -0.481 e. The van der Waals surface area contributed by atoms with E-state index in [0.717, 1.165) is 11.1 Å². The minimum absolute atomic E-state index is 0.0684. The molecule has 0 saturated carbocycles. The number of aromatic nitrogens is 1. The molecular weight excluding hydrogens is 488 g/mol. The normalized spacial score (nSPS) is 11.7. The average molecular weight is 515 g/mol. The molecule has 0 aliphatic carbocycles. The summed E-state index contributed by atoms with van der Waals surface area (Å²) < 4.78 is 5.70. The molecule has 0 spiro atoms. The molecule has 4 aromatic rings. The number of H-pyrrole nitrogens is 1. The lowest BCUT2D eigenvalue weighted by Crippen LogP contribution is -2.30. The fraction of sp³-hybridized carbons (Fsp3) is 0.172. The Bertz CT molecular complexity index is 1540. The van der Waals surface area contributed by atoms with Crippen molar-refractivity contribution in [1.82, 2.24) is 4.98 Å². The lowest BCUT2D eigenvalue weighted by molar-refractivity contribution is -0.139.